The van der Waals surface area contributed by atoms with Crippen LogP contribution in [0.2, 0.25) is 0 Å². The number of alkyl carbamates (subject to hydrolysis) is 2. The Hall–Kier alpha value is -5.66. The highest BCUT2D eigenvalue weighted by atomic mass is 16.6. The first-order valence-corrected chi connectivity index (χ1v) is 19.8. The highest BCUT2D eigenvalue weighted by Gasteiger charge is 2.39. The third-order valence-electron chi connectivity index (χ3n) is 10.6. The number of likely N-dealkylation sites (tertiary alicyclic amines) is 2. The highest BCUT2D eigenvalue weighted by Crippen LogP contribution is 2.35. The molecule has 4 heterocycles. The van der Waals surface area contributed by atoms with Crippen molar-refractivity contribution in [3.8, 4) is 33.6 Å². The van der Waals surface area contributed by atoms with E-state index >= 15 is 0 Å². The summed E-state index contributed by atoms with van der Waals surface area (Å²) < 4.78 is 10.1. The minimum atomic E-state index is -0.686. The Morgan fingerprint density at radius 2 is 1.00 bits per heavy atom. The quantitative estimate of drug-likeness (QED) is 0.113. The van der Waals surface area contributed by atoms with Crippen LogP contribution in [-0.2, 0) is 19.1 Å². The summed E-state index contributed by atoms with van der Waals surface area (Å²) in [4.78, 5) is 71.5. The lowest BCUT2D eigenvalue weighted by molar-refractivity contribution is -0.136. The first-order valence-electron chi connectivity index (χ1n) is 19.8. The zero-order valence-electron chi connectivity index (χ0n) is 33.1. The van der Waals surface area contributed by atoms with Gasteiger partial charge in [-0.3, -0.25) is 9.59 Å². The number of aromatic nitrogens is 4. The summed E-state index contributed by atoms with van der Waals surface area (Å²) in [6, 6.07) is 14.7. The summed E-state index contributed by atoms with van der Waals surface area (Å²) in [6.07, 6.45) is 5.69. The molecule has 4 atom stereocenters. The molecule has 4 amide bonds. The maximum Gasteiger partial charge on any atom is 0.407 e. The number of nitrogens with zero attached hydrogens (tertiary/aromatic N) is 4. The monoisotopic (exact) mass is 766 g/mol. The Morgan fingerprint density at radius 1 is 0.643 bits per heavy atom. The van der Waals surface area contributed by atoms with Crippen LogP contribution in [0.25, 0.3) is 33.6 Å². The van der Waals surface area contributed by atoms with Crippen LogP contribution in [0.4, 0.5) is 9.59 Å². The second kappa shape index (κ2) is 17.9. The van der Waals surface area contributed by atoms with Gasteiger partial charge in [-0.05, 0) is 73.6 Å². The van der Waals surface area contributed by atoms with Gasteiger partial charge in [0, 0.05) is 13.1 Å². The van der Waals surface area contributed by atoms with Crippen LogP contribution in [0, 0.1) is 11.8 Å². The van der Waals surface area contributed by atoms with Gasteiger partial charge < -0.3 is 39.9 Å². The van der Waals surface area contributed by atoms with Gasteiger partial charge in [-0.15, -0.1) is 0 Å². The van der Waals surface area contributed by atoms with Gasteiger partial charge >= 0.3 is 12.2 Å². The molecule has 4 N–H and O–H groups in total. The molecule has 6 rings (SSSR count). The molecule has 0 bridgehead atoms. The molecule has 4 aromatic rings. The molecule has 0 radical (unpaired) electrons. The summed E-state index contributed by atoms with van der Waals surface area (Å²) >= 11 is 0. The van der Waals surface area contributed by atoms with Gasteiger partial charge in [0.15, 0.2) is 0 Å². The molecule has 14 nitrogen and oxygen atoms in total. The van der Waals surface area contributed by atoms with E-state index in [1.54, 1.807) is 26.2 Å². The SMILES string of the molecule is CCOC(=O)N[C@H](C(=O)N1CCC[C@@H]1c1ncc(-c2ccc(-c3ccc(-c4cnc([C@H]5CCCN5C(=O)[C@@H](NC(=O)OCC)C(C)C)[nH]4)cc3)cc2)[nH]1)C(C)C. The van der Waals surface area contributed by atoms with E-state index in [0.29, 0.717) is 13.1 Å². The zero-order chi connectivity index (χ0) is 39.9. The number of ether oxygens (including phenoxy) is 2. The third-order valence-corrected chi connectivity index (χ3v) is 10.6. The Labute approximate surface area is 328 Å². The number of hydrogen-bond acceptors (Lipinski definition) is 8. The van der Waals surface area contributed by atoms with Crippen LogP contribution < -0.4 is 10.6 Å². The van der Waals surface area contributed by atoms with Gasteiger partial charge in [-0.2, -0.15) is 0 Å². The van der Waals surface area contributed by atoms with Gasteiger partial charge in [0.2, 0.25) is 11.8 Å². The molecule has 2 fully saturated rings. The van der Waals surface area contributed by atoms with Gasteiger partial charge in [0.1, 0.15) is 23.7 Å². The minimum absolute atomic E-state index is 0.104. The Kier molecular flexibility index (Phi) is 12.8. The van der Waals surface area contributed by atoms with Crippen molar-refractivity contribution in [3.63, 3.8) is 0 Å². The molecule has 56 heavy (non-hydrogen) atoms. The maximum atomic E-state index is 13.6. The lowest BCUT2D eigenvalue weighted by Gasteiger charge is -2.30. The number of benzene rings is 2. The van der Waals surface area contributed by atoms with Crippen LogP contribution in [0.15, 0.2) is 60.9 Å². The fourth-order valence-electron chi connectivity index (χ4n) is 7.60. The number of nitrogens with one attached hydrogen (secondary N) is 4. The first-order chi connectivity index (χ1) is 27.0. The molecule has 14 heteroatoms. The van der Waals surface area contributed by atoms with Crippen molar-refractivity contribution in [2.45, 2.75) is 91.4 Å². The fraction of sp³-hybridized carbons (Fsp3) is 0.476. The molecule has 2 aromatic carbocycles. The summed E-state index contributed by atoms with van der Waals surface area (Å²) in [5.41, 5.74) is 5.79. The van der Waals surface area contributed by atoms with Crippen molar-refractivity contribution in [1.29, 1.82) is 0 Å². The predicted octanol–water partition coefficient (Wildman–Crippen LogP) is 7.00. The van der Waals surface area contributed by atoms with Gasteiger partial charge in [0.25, 0.3) is 0 Å². The predicted molar refractivity (Wildman–Crippen MR) is 212 cm³/mol. The number of amides is 4. The van der Waals surface area contributed by atoms with E-state index in [2.05, 4.69) is 79.1 Å². The van der Waals surface area contributed by atoms with Crippen LogP contribution in [0.1, 0.15) is 91.0 Å². The van der Waals surface area contributed by atoms with Crippen LogP contribution >= 0.6 is 0 Å². The molecule has 0 saturated carbocycles. The van der Waals surface area contributed by atoms with Crippen molar-refractivity contribution in [2.75, 3.05) is 26.3 Å². The lowest BCUT2D eigenvalue weighted by Crippen LogP contribution is -2.51. The number of aromatic amines is 2. The Balaban J connectivity index is 1.10. The summed E-state index contributed by atoms with van der Waals surface area (Å²) in [6.45, 7) is 12.8. The molecule has 0 aliphatic carbocycles. The average Bonchev–Trinajstić information content (AvgIpc) is 4.02. The second-order valence-corrected chi connectivity index (χ2v) is 15.1. The van der Waals surface area contributed by atoms with E-state index < -0.39 is 24.3 Å². The molecule has 2 saturated heterocycles. The zero-order valence-corrected chi connectivity index (χ0v) is 33.1. The second-order valence-electron chi connectivity index (χ2n) is 15.1. The minimum Gasteiger partial charge on any atom is -0.450 e. The largest absolute Gasteiger partial charge is 0.450 e. The number of imidazole rings is 2. The Morgan fingerprint density at radius 3 is 1.34 bits per heavy atom. The summed E-state index contributed by atoms with van der Waals surface area (Å²) in [5.74, 6) is 0.977. The normalized spacial score (nSPS) is 17.9. The number of H-pyrrole nitrogens is 2. The molecule has 2 aliphatic rings. The average molecular weight is 767 g/mol. The van der Waals surface area contributed by atoms with Crippen LogP contribution in [0.3, 0.4) is 0 Å². The van der Waals surface area contributed by atoms with E-state index in [4.69, 9.17) is 9.47 Å². The molecule has 0 spiro atoms. The summed E-state index contributed by atoms with van der Waals surface area (Å²) in [7, 11) is 0. The van der Waals surface area contributed by atoms with Gasteiger partial charge in [-0.25, -0.2) is 19.6 Å². The third kappa shape index (κ3) is 8.90. The topological polar surface area (TPSA) is 175 Å². The van der Waals surface area contributed by atoms with E-state index in [1.807, 2.05) is 37.5 Å². The highest BCUT2D eigenvalue weighted by molar-refractivity contribution is 5.87. The molecule has 0 unspecified atom stereocenters. The molecular formula is C42H54N8O6. The van der Waals surface area contributed by atoms with E-state index in [9.17, 15) is 19.2 Å². The lowest BCUT2D eigenvalue weighted by atomic mass is 10.0. The van der Waals surface area contributed by atoms with Gasteiger partial charge in [-0.1, -0.05) is 76.2 Å². The molecular weight excluding hydrogens is 713 g/mol. The molecule has 2 aliphatic heterocycles. The maximum absolute atomic E-state index is 13.6. The van der Waals surface area contributed by atoms with Crippen molar-refractivity contribution in [1.82, 2.24) is 40.4 Å². The number of rotatable bonds is 13. The number of carbonyl (C=O) groups excluding carboxylic acids is 4. The smallest absolute Gasteiger partial charge is 0.407 e. The number of carbonyl (C=O) groups is 4. The van der Waals surface area contributed by atoms with Crippen LogP contribution in [0.5, 0.6) is 0 Å². The fourth-order valence-corrected chi connectivity index (χ4v) is 7.60. The Bertz CT molecular complexity index is 1830. The molecule has 2 aromatic heterocycles. The number of hydrogen-bond donors (Lipinski definition) is 4. The van der Waals surface area contributed by atoms with Crippen molar-refractivity contribution in [3.05, 3.63) is 72.6 Å². The van der Waals surface area contributed by atoms with E-state index in [1.165, 1.54) is 0 Å². The van der Waals surface area contributed by atoms with Gasteiger partial charge in [0.05, 0.1) is 49.1 Å². The first kappa shape index (κ1) is 40.0. The van der Waals surface area contributed by atoms with Crippen molar-refractivity contribution < 1.29 is 28.7 Å². The standard InChI is InChI=1S/C42H54N8O6/c1-7-55-41(53)47-35(25(3)4)39(51)49-21-9-11-33(49)37-43-23-31(45-37)29-17-13-27(14-18-29)28-15-19-30(20-16-28)32-24-44-38(46-32)34-12-10-22-50(34)40(52)36(26(5)6)48-42(54)56-8-2/h13-20,23-26,33-36H,7-12,21-22H2,1-6H3,(H,43,45)(H,44,46)(H,47,53)(H,48,54)/t33-,34-,35+,36+/m1/s1. The van der Waals surface area contributed by atoms with Crippen molar-refractivity contribution >= 4 is 24.0 Å². The van der Waals surface area contributed by atoms with E-state index in [0.717, 1.165) is 71.0 Å². The summed E-state index contributed by atoms with van der Waals surface area (Å²) in [5, 5.41) is 5.49. The van der Waals surface area contributed by atoms with Crippen LogP contribution in [-0.4, -0.2) is 92.1 Å². The van der Waals surface area contributed by atoms with E-state index in [-0.39, 0.29) is 48.9 Å². The van der Waals surface area contributed by atoms with Crippen molar-refractivity contribution in [2.24, 2.45) is 11.8 Å². The molecule has 298 valence electrons.